The topological polar surface area (TPSA) is 34.9 Å². The predicted octanol–water partition coefficient (Wildman–Crippen LogP) is 4.96. The summed E-state index contributed by atoms with van der Waals surface area (Å²) in [4.78, 5) is 17.6. The number of fused-ring (bicyclic) bond motifs is 1. The van der Waals surface area contributed by atoms with Crippen LogP contribution in [0.3, 0.4) is 0 Å². The number of rotatable bonds is 4. The molecule has 0 spiro atoms. The van der Waals surface area contributed by atoms with Crippen molar-refractivity contribution in [3.8, 4) is 5.69 Å². The van der Waals surface area contributed by atoms with Crippen LogP contribution in [0, 0.1) is 11.6 Å². The van der Waals surface area contributed by atoms with Crippen molar-refractivity contribution >= 4 is 22.7 Å². The first-order chi connectivity index (χ1) is 13.1. The van der Waals surface area contributed by atoms with Crippen molar-refractivity contribution in [2.75, 3.05) is 0 Å². The smallest absolute Gasteiger partial charge is 0.266 e. The standard InChI is InChI=1S/C21H14F2N2OS/c22-16-9-3-1-7-14(16)13-27-21-24-18-11-5-2-8-15(18)20(26)25(21)19-12-6-4-10-17(19)23/h1-12H,13H2. The number of thioether (sulfide) groups is 1. The van der Waals surface area contributed by atoms with Gasteiger partial charge in [-0.3, -0.25) is 9.36 Å². The lowest BCUT2D eigenvalue weighted by atomic mass is 10.2. The fourth-order valence-electron chi connectivity index (χ4n) is 2.81. The van der Waals surface area contributed by atoms with Gasteiger partial charge in [0.05, 0.1) is 16.6 Å². The largest absolute Gasteiger partial charge is 0.268 e. The molecular weight excluding hydrogens is 366 g/mol. The minimum Gasteiger partial charge on any atom is -0.268 e. The van der Waals surface area contributed by atoms with Gasteiger partial charge in [0.25, 0.3) is 5.56 Å². The highest BCUT2D eigenvalue weighted by Crippen LogP contribution is 2.26. The SMILES string of the molecule is O=c1c2ccccc2nc(SCc2ccccc2F)n1-c1ccccc1F. The van der Waals surface area contributed by atoms with E-state index in [1.54, 1.807) is 54.6 Å². The average molecular weight is 380 g/mol. The van der Waals surface area contributed by atoms with Crippen LogP contribution in [0.5, 0.6) is 0 Å². The molecule has 6 heteroatoms. The lowest BCUT2D eigenvalue weighted by Crippen LogP contribution is -2.22. The van der Waals surface area contributed by atoms with E-state index in [0.717, 1.165) is 0 Å². The van der Waals surface area contributed by atoms with Crippen molar-refractivity contribution in [1.82, 2.24) is 9.55 Å². The van der Waals surface area contributed by atoms with Gasteiger partial charge in [0.2, 0.25) is 0 Å². The van der Waals surface area contributed by atoms with E-state index >= 15 is 0 Å². The Labute approximate surface area is 158 Å². The Balaban J connectivity index is 1.88. The third kappa shape index (κ3) is 3.36. The molecule has 4 aromatic rings. The van der Waals surface area contributed by atoms with Gasteiger partial charge in [-0.05, 0) is 35.9 Å². The molecule has 1 aromatic heterocycles. The van der Waals surface area contributed by atoms with Gasteiger partial charge in [-0.25, -0.2) is 13.8 Å². The molecule has 0 aliphatic rings. The molecule has 3 aromatic carbocycles. The Morgan fingerprint density at radius 1 is 0.852 bits per heavy atom. The third-order valence-corrected chi connectivity index (χ3v) is 5.14. The van der Waals surface area contributed by atoms with Crippen LogP contribution in [-0.2, 0) is 5.75 Å². The highest BCUT2D eigenvalue weighted by molar-refractivity contribution is 7.98. The van der Waals surface area contributed by atoms with E-state index in [-0.39, 0.29) is 22.8 Å². The van der Waals surface area contributed by atoms with E-state index < -0.39 is 5.82 Å². The second-order valence-corrected chi connectivity index (χ2v) is 6.83. The molecular formula is C21H14F2N2OS. The highest BCUT2D eigenvalue weighted by Gasteiger charge is 2.16. The van der Waals surface area contributed by atoms with Crippen molar-refractivity contribution < 1.29 is 8.78 Å². The fraction of sp³-hybridized carbons (Fsp3) is 0.0476. The zero-order chi connectivity index (χ0) is 18.8. The summed E-state index contributed by atoms with van der Waals surface area (Å²) in [5.74, 6) is -0.582. The van der Waals surface area contributed by atoms with Gasteiger partial charge in [-0.2, -0.15) is 0 Å². The molecule has 0 amide bonds. The van der Waals surface area contributed by atoms with E-state index in [0.29, 0.717) is 21.6 Å². The average Bonchev–Trinajstić information content (AvgIpc) is 2.68. The first kappa shape index (κ1) is 17.4. The molecule has 0 atom stereocenters. The quantitative estimate of drug-likeness (QED) is 0.371. The molecule has 134 valence electrons. The second kappa shape index (κ2) is 7.32. The molecule has 27 heavy (non-hydrogen) atoms. The van der Waals surface area contributed by atoms with Gasteiger partial charge in [-0.15, -0.1) is 0 Å². The van der Waals surface area contributed by atoms with Gasteiger partial charge in [0, 0.05) is 5.75 Å². The molecule has 4 rings (SSSR count). The summed E-state index contributed by atoms with van der Waals surface area (Å²) in [5.41, 5.74) is 0.773. The molecule has 3 nitrogen and oxygen atoms in total. The molecule has 0 aliphatic carbocycles. The minimum absolute atomic E-state index is 0.122. The van der Waals surface area contributed by atoms with Gasteiger partial charge < -0.3 is 0 Å². The summed E-state index contributed by atoms with van der Waals surface area (Å²) >= 11 is 1.19. The summed E-state index contributed by atoms with van der Waals surface area (Å²) in [5, 5.41) is 0.711. The summed E-state index contributed by atoms with van der Waals surface area (Å²) in [6.45, 7) is 0. The Hall–Kier alpha value is -2.99. The number of nitrogens with zero attached hydrogens (tertiary/aromatic N) is 2. The van der Waals surface area contributed by atoms with Crippen molar-refractivity contribution in [2.24, 2.45) is 0 Å². The summed E-state index contributed by atoms with van der Waals surface area (Å²) < 4.78 is 29.6. The molecule has 0 aliphatic heterocycles. The van der Waals surface area contributed by atoms with Crippen molar-refractivity contribution in [1.29, 1.82) is 0 Å². The summed E-state index contributed by atoms with van der Waals surface area (Å²) in [6, 6.07) is 19.4. The first-order valence-electron chi connectivity index (χ1n) is 8.28. The number of aromatic nitrogens is 2. The highest BCUT2D eigenvalue weighted by atomic mass is 32.2. The number of hydrogen-bond acceptors (Lipinski definition) is 3. The maximum atomic E-state index is 14.4. The van der Waals surface area contributed by atoms with E-state index in [4.69, 9.17) is 0 Å². The zero-order valence-corrected chi connectivity index (χ0v) is 14.9. The maximum absolute atomic E-state index is 14.4. The summed E-state index contributed by atoms with van der Waals surface area (Å²) in [6.07, 6.45) is 0. The van der Waals surface area contributed by atoms with Crippen LogP contribution in [-0.4, -0.2) is 9.55 Å². The van der Waals surface area contributed by atoms with E-state index in [1.807, 2.05) is 0 Å². The zero-order valence-electron chi connectivity index (χ0n) is 14.1. The lowest BCUT2D eigenvalue weighted by Gasteiger charge is -2.14. The van der Waals surface area contributed by atoms with Crippen LogP contribution >= 0.6 is 11.8 Å². The Morgan fingerprint density at radius 2 is 1.52 bits per heavy atom. The van der Waals surface area contributed by atoms with E-state index in [9.17, 15) is 13.6 Å². The van der Waals surface area contributed by atoms with Crippen molar-refractivity contribution in [2.45, 2.75) is 10.9 Å². The number of para-hydroxylation sites is 2. The third-order valence-electron chi connectivity index (χ3n) is 4.15. The lowest BCUT2D eigenvalue weighted by molar-refractivity contribution is 0.607. The Bertz CT molecular complexity index is 1190. The molecule has 1 heterocycles. The molecule has 0 saturated heterocycles. The molecule has 0 bridgehead atoms. The number of hydrogen-bond donors (Lipinski definition) is 0. The molecule has 0 N–H and O–H groups in total. The van der Waals surface area contributed by atoms with Gasteiger partial charge in [0.15, 0.2) is 5.16 Å². The van der Waals surface area contributed by atoms with Gasteiger partial charge in [-0.1, -0.05) is 54.2 Å². The van der Waals surface area contributed by atoms with Crippen molar-refractivity contribution in [3.63, 3.8) is 0 Å². The van der Waals surface area contributed by atoms with Crippen LogP contribution in [0.4, 0.5) is 8.78 Å². The second-order valence-electron chi connectivity index (χ2n) is 5.88. The van der Waals surface area contributed by atoms with E-state index in [1.165, 1.54) is 34.5 Å². The maximum Gasteiger partial charge on any atom is 0.266 e. The minimum atomic E-state index is -0.524. The fourth-order valence-corrected chi connectivity index (χ4v) is 3.80. The molecule has 0 unspecified atom stereocenters. The number of halogens is 2. The Kier molecular flexibility index (Phi) is 4.73. The van der Waals surface area contributed by atoms with Gasteiger partial charge >= 0.3 is 0 Å². The van der Waals surface area contributed by atoms with Gasteiger partial charge in [0.1, 0.15) is 11.6 Å². The van der Waals surface area contributed by atoms with Crippen LogP contribution in [0.2, 0.25) is 0 Å². The van der Waals surface area contributed by atoms with Crippen molar-refractivity contribution in [3.05, 3.63) is 100 Å². The summed E-state index contributed by atoms with van der Waals surface area (Å²) in [7, 11) is 0. The van der Waals surface area contributed by atoms with Crippen LogP contribution in [0.25, 0.3) is 16.6 Å². The van der Waals surface area contributed by atoms with E-state index in [2.05, 4.69) is 4.98 Å². The number of benzene rings is 3. The first-order valence-corrected chi connectivity index (χ1v) is 9.26. The molecule has 0 saturated carbocycles. The molecule has 0 fully saturated rings. The van der Waals surface area contributed by atoms with Crippen LogP contribution in [0.15, 0.2) is 82.7 Å². The normalized spacial score (nSPS) is 11.0. The van der Waals surface area contributed by atoms with Crippen LogP contribution in [0.1, 0.15) is 5.56 Å². The molecule has 0 radical (unpaired) electrons. The predicted molar refractivity (Wildman–Crippen MR) is 103 cm³/mol. The monoisotopic (exact) mass is 380 g/mol. The Morgan fingerprint density at radius 3 is 2.30 bits per heavy atom. The van der Waals surface area contributed by atoms with Crippen LogP contribution < -0.4 is 5.56 Å².